The van der Waals surface area contributed by atoms with Gasteiger partial charge in [-0.05, 0) is 6.92 Å². The molecule has 0 aliphatic rings. The average molecular weight is 397 g/mol. The Kier molecular flexibility index (Phi) is 31.5. The summed E-state index contributed by atoms with van der Waals surface area (Å²) in [7, 11) is 0. The molecule has 17 heavy (non-hydrogen) atoms. The molecule has 3 heteroatoms. The molecule has 1 aromatic carbocycles. The van der Waals surface area contributed by atoms with Gasteiger partial charge in [0.25, 0.3) is 0 Å². The summed E-state index contributed by atoms with van der Waals surface area (Å²) in [6.45, 7) is 12.4. The van der Waals surface area contributed by atoms with Crippen LogP contribution in [0.1, 0.15) is 27.8 Å². The number of aryl methyl sites for hydroxylation is 1. The van der Waals surface area contributed by atoms with Crippen LogP contribution in [-0.4, -0.2) is 0 Å². The van der Waals surface area contributed by atoms with Gasteiger partial charge in [0.2, 0.25) is 0 Å². The molecule has 0 fully saturated rings. The third kappa shape index (κ3) is 8.49. The second kappa shape index (κ2) is 14.8. The maximum atomic E-state index is 3.93. The van der Waals surface area contributed by atoms with E-state index in [0.717, 1.165) is 5.56 Å². The van der Waals surface area contributed by atoms with Crippen LogP contribution in [0.5, 0.6) is 0 Å². The van der Waals surface area contributed by atoms with E-state index in [-0.39, 0.29) is 80.6 Å². The second-order valence-electron chi connectivity index (χ2n) is 3.10. The third-order valence-corrected chi connectivity index (χ3v) is 2.48. The third-order valence-electron chi connectivity index (χ3n) is 2.48. The van der Waals surface area contributed by atoms with Crippen LogP contribution in [0, 0.1) is 63.0 Å². The average Bonchev–Trinajstić information content (AvgIpc) is 1.97. The van der Waals surface area contributed by atoms with Crippen LogP contribution in [0.3, 0.4) is 0 Å². The van der Waals surface area contributed by atoms with Gasteiger partial charge in [-0.25, -0.2) is 0 Å². The quantitative estimate of drug-likeness (QED) is 0.438. The van der Waals surface area contributed by atoms with E-state index in [9.17, 15) is 0 Å². The van der Waals surface area contributed by atoms with Gasteiger partial charge < -0.3 is 47.0 Å². The summed E-state index contributed by atoms with van der Waals surface area (Å²) in [6, 6.07) is 3.24. The van der Waals surface area contributed by atoms with Crippen LogP contribution in [0.4, 0.5) is 0 Å². The van der Waals surface area contributed by atoms with Crippen LogP contribution in [0.2, 0.25) is 0 Å². The molecule has 0 spiro atoms. The molecule has 1 rings (SSSR count). The zero-order valence-corrected chi connectivity index (χ0v) is 16.8. The SMILES string of the molecule is [CH2-]c1[c-]c(C)c(C)c(C)c1C.[CH3-].[CH3-].[CH3-].[NH2-].[Ru+4].[Y]. The van der Waals surface area contributed by atoms with Crippen molar-refractivity contribution < 1.29 is 52.2 Å². The standard InChI is InChI=1S/C11H14.3CH3.H2N.Ru.Y/c1-7-6-8(2)10(4)11(5)9(7)3;;;;;;/h1H2,2-5H3;3*1H3;1H2;;/q-2;4*-1;+4;. The van der Waals surface area contributed by atoms with Gasteiger partial charge in [0.15, 0.2) is 0 Å². The van der Waals surface area contributed by atoms with Crippen molar-refractivity contribution in [3.05, 3.63) is 69.2 Å². The van der Waals surface area contributed by atoms with Gasteiger partial charge in [0.05, 0.1) is 0 Å². The van der Waals surface area contributed by atoms with Gasteiger partial charge in [-0.3, -0.25) is 5.56 Å². The zero-order valence-electron chi connectivity index (χ0n) is 12.2. The van der Waals surface area contributed by atoms with Gasteiger partial charge in [-0.2, -0.15) is 11.1 Å². The molecule has 2 N–H and O–H groups in total. The summed E-state index contributed by atoms with van der Waals surface area (Å²) in [4.78, 5) is 0. The minimum Gasteiger partial charge on any atom is -0.693 e. The van der Waals surface area contributed by atoms with Crippen LogP contribution in [-0.2, 0) is 52.2 Å². The molecule has 0 bridgehead atoms. The molecule has 0 heterocycles. The molecule has 1 aromatic rings. The first-order chi connectivity index (χ1) is 5.04. The summed E-state index contributed by atoms with van der Waals surface area (Å²) in [5, 5.41) is 0. The van der Waals surface area contributed by atoms with E-state index in [4.69, 9.17) is 0 Å². The Morgan fingerprint density at radius 1 is 0.824 bits per heavy atom. The predicted octanol–water partition coefficient (Wildman–Crippen LogP) is 4.97. The zero-order chi connectivity index (χ0) is 8.59. The van der Waals surface area contributed by atoms with Gasteiger partial charge in [-0.1, -0.05) is 19.4 Å². The Morgan fingerprint density at radius 2 is 1.18 bits per heavy atom. The number of benzene rings is 1. The minimum atomic E-state index is 0. The Labute approximate surface area is 148 Å². The first kappa shape index (κ1) is 36.1. The van der Waals surface area contributed by atoms with E-state index >= 15 is 0 Å². The van der Waals surface area contributed by atoms with Gasteiger partial charge in [0, 0.05) is 32.7 Å². The Bertz CT molecular complexity index is 273. The van der Waals surface area contributed by atoms with Crippen molar-refractivity contribution in [3.63, 3.8) is 0 Å². The summed E-state index contributed by atoms with van der Waals surface area (Å²) in [5.41, 5.74) is 6.22. The molecule has 0 aliphatic carbocycles. The van der Waals surface area contributed by atoms with Crippen LogP contribution in [0.25, 0.3) is 6.15 Å². The van der Waals surface area contributed by atoms with Crippen molar-refractivity contribution >= 4 is 0 Å². The Hall–Kier alpha value is 0.777. The van der Waals surface area contributed by atoms with Crippen LogP contribution >= 0.6 is 0 Å². The molecule has 0 saturated carbocycles. The first-order valence-corrected chi connectivity index (χ1v) is 3.85. The second-order valence-corrected chi connectivity index (χ2v) is 3.10. The van der Waals surface area contributed by atoms with E-state index in [1.54, 1.807) is 0 Å². The van der Waals surface area contributed by atoms with E-state index in [2.05, 4.69) is 40.7 Å². The summed E-state index contributed by atoms with van der Waals surface area (Å²) < 4.78 is 0. The van der Waals surface area contributed by atoms with Crippen molar-refractivity contribution in [2.75, 3.05) is 0 Å². The number of rotatable bonds is 0. The van der Waals surface area contributed by atoms with E-state index in [0.29, 0.717) is 0 Å². The Morgan fingerprint density at radius 3 is 1.53 bits per heavy atom. The van der Waals surface area contributed by atoms with Crippen molar-refractivity contribution in [2.24, 2.45) is 0 Å². The van der Waals surface area contributed by atoms with Crippen molar-refractivity contribution in [2.45, 2.75) is 27.7 Å². The molecule has 0 amide bonds. The smallest absolute Gasteiger partial charge is 0.693 e. The molecule has 1 radical (unpaired) electrons. The summed E-state index contributed by atoms with van der Waals surface area (Å²) in [5.74, 6) is 0. The topological polar surface area (TPSA) is 33.5 Å². The normalized spacial score (nSPS) is 6.59. The monoisotopic (exact) mass is 398 g/mol. The van der Waals surface area contributed by atoms with Crippen LogP contribution < -0.4 is 0 Å². The van der Waals surface area contributed by atoms with Gasteiger partial charge in [0.1, 0.15) is 0 Å². The molecular formula is C14H25NRuY-2. The summed E-state index contributed by atoms with van der Waals surface area (Å²) >= 11 is 0. The minimum absolute atomic E-state index is 0. The molecule has 0 aromatic heterocycles. The van der Waals surface area contributed by atoms with E-state index in [1.807, 2.05) is 0 Å². The predicted molar refractivity (Wildman–Crippen MR) is 73.2 cm³/mol. The Balaban J connectivity index is -0.0000000504. The molecule has 99 valence electrons. The fourth-order valence-electron chi connectivity index (χ4n) is 1.20. The molecule has 1 nitrogen and oxygen atoms in total. The first-order valence-electron chi connectivity index (χ1n) is 3.85. The molecular weight excluding hydrogens is 372 g/mol. The molecule has 0 atom stereocenters. The molecule has 0 saturated heterocycles. The number of nitrogens with two attached hydrogens (primary N) is 1. The van der Waals surface area contributed by atoms with Gasteiger partial charge in [-0.15, -0.1) is 6.92 Å². The number of hydrogen-bond donors (Lipinski definition) is 0. The van der Waals surface area contributed by atoms with Crippen molar-refractivity contribution in [3.8, 4) is 0 Å². The fraction of sp³-hybridized carbons (Fsp3) is 0.286. The number of hydrogen-bond acceptors (Lipinski definition) is 0. The summed E-state index contributed by atoms with van der Waals surface area (Å²) in [6.07, 6.45) is 0. The van der Waals surface area contributed by atoms with Crippen molar-refractivity contribution in [1.82, 2.24) is 0 Å². The van der Waals surface area contributed by atoms with E-state index < -0.39 is 0 Å². The maximum absolute atomic E-state index is 3.93. The molecule has 0 aliphatic heterocycles. The van der Waals surface area contributed by atoms with Crippen molar-refractivity contribution in [1.29, 1.82) is 0 Å². The maximum Gasteiger partial charge on any atom is 4.00 e. The largest absolute Gasteiger partial charge is 4.00 e. The van der Waals surface area contributed by atoms with E-state index in [1.165, 1.54) is 22.3 Å². The molecule has 0 unspecified atom stereocenters. The van der Waals surface area contributed by atoms with Crippen LogP contribution in [0.15, 0.2) is 0 Å². The fourth-order valence-corrected chi connectivity index (χ4v) is 1.20. The van der Waals surface area contributed by atoms with Gasteiger partial charge >= 0.3 is 19.5 Å².